The van der Waals surface area contributed by atoms with E-state index in [1.165, 1.54) is 19.1 Å². The first-order chi connectivity index (χ1) is 9.10. The van der Waals surface area contributed by atoms with E-state index in [4.69, 9.17) is 5.73 Å². The zero-order chi connectivity index (χ0) is 15.5. The Balaban J connectivity index is 2.73. The van der Waals surface area contributed by atoms with Crippen molar-refractivity contribution < 1.29 is 22.4 Å². The maximum atomic E-state index is 13.4. The standard InChI is InChI=1S/C12H15F4N3O/c1-7(19(2)6-12(14,15)16)11(20)18-10-5-8(17)3-4-9(10)13/h3-5,7H,6,17H2,1-2H3,(H,18,20). The van der Waals surface area contributed by atoms with Crippen LogP contribution < -0.4 is 11.1 Å². The van der Waals surface area contributed by atoms with E-state index in [9.17, 15) is 22.4 Å². The Morgan fingerprint density at radius 1 is 1.45 bits per heavy atom. The largest absolute Gasteiger partial charge is 0.401 e. The summed E-state index contributed by atoms with van der Waals surface area (Å²) in [6.07, 6.45) is -4.41. The minimum Gasteiger partial charge on any atom is -0.399 e. The number of nitrogens with one attached hydrogen (secondary N) is 1. The molecule has 0 spiro atoms. The van der Waals surface area contributed by atoms with Crippen molar-refractivity contribution in [3.63, 3.8) is 0 Å². The van der Waals surface area contributed by atoms with Gasteiger partial charge in [-0.3, -0.25) is 9.69 Å². The van der Waals surface area contributed by atoms with E-state index < -0.39 is 30.5 Å². The third-order valence-electron chi connectivity index (χ3n) is 2.72. The van der Waals surface area contributed by atoms with Crippen LogP contribution in [0, 0.1) is 5.82 Å². The summed E-state index contributed by atoms with van der Waals surface area (Å²) < 4.78 is 50.1. The quantitative estimate of drug-likeness (QED) is 0.661. The van der Waals surface area contributed by atoms with Gasteiger partial charge in [0.25, 0.3) is 0 Å². The van der Waals surface area contributed by atoms with Crippen LogP contribution in [0.4, 0.5) is 28.9 Å². The lowest BCUT2D eigenvalue weighted by molar-refractivity contribution is -0.149. The Hall–Kier alpha value is -1.83. The van der Waals surface area contributed by atoms with Gasteiger partial charge in [-0.1, -0.05) is 0 Å². The van der Waals surface area contributed by atoms with Crippen molar-refractivity contribution >= 4 is 17.3 Å². The number of alkyl halides is 3. The van der Waals surface area contributed by atoms with E-state index in [0.717, 1.165) is 18.0 Å². The molecule has 1 unspecified atom stereocenters. The zero-order valence-electron chi connectivity index (χ0n) is 11.0. The first kappa shape index (κ1) is 16.2. The third-order valence-corrected chi connectivity index (χ3v) is 2.72. The molecule has 0 aliphatic heterocycles. The van der Waals surface area contributed by atoms with Gasteiger partial charge in [-0.25, -0.2) is 4.39 Å². The first-order valence-corrected chi connectivity index (χ1v) is 5.73. The van der Waals surface area contributed by atoms with Gasteiger partial charge in [0.2, 0.25) is 5.91 Å². The lowest BCUT2D eigenvalue weighted by Gasteiger charge is -2.24. The summed E-state index contributed by atoms with van der Waals surface area (Å²) in [5, 5.41) is 2.21. The molecule has 1 amide bonds. The van der Waals surface area contributed by atoms with Crippen LogP contribution in [0.25, 0.3) is 0 Å². The molecule has 1 aromatic rings. The van der Waals surface area contributed by atoms with E-state index in [0.29, 0.717) is 0 Å². The maximum absolute atomic E-state index is 13.4. The summed E-state index contributed by atoms with van der Waals surface area (Å²) >= 11 is 0. The van der Waals surface area contributed by atoms with Gasteiger partial charge < -0.3 is 11.1 Å². The molecule has 0 saturated carbocycles. The van der Waals surface area contributed by atoms with Crippen molar-refractivity contribution in [3.05, 3.63) is 24.0 Å². The van der Waals surface area contributed by atoms with Crippen LogP contribution in [0.3, 0.4) is 0 Å². The van der Waals surface area contributed by atoms with Crippen LogP contribution in [-0.2, 0) is 4.79 Å². The number of amides is 1. The number of carbonyl (C=O) groups excluding carboxylic acids is 1. The number of benzene rings is 1. The molecule has 0 aliphatic rings. The summed E-state index contributed by atoms with van der Waals surface area (Å²) in [5.74, 6) is -1.46. The molecule has 3 N–H and O–H groups in total. The number of nitrogens with two attached hydrogens (primary N) is 1. The highest BCUT2D eigenvalue weighted by Crippen LogP contribution is 2.19. The van der Waals surface area contributed by atoms with Crippen LogP contribution in [0.1, 0.15) is 6.92 Å². The van der Waals surface area contributed by atoms with Crippen LogP contribution in [-0.4, -0.2) is 36.6 Å². The predicted octanol–water partition coefficient (Wildman–Crippen LogP) is 2.23. The van der Waals surface area contributed by atoms with Gasteiger partial charge in [-0.2, -0.15) is 13.2 Å². The average molecular weight is 293 g/mol. The Morgan fingerprint density at radius 3 is 2.60 bits per heavy atom. The number of carbonyl (C=O) groups is 1. The molecule has 1 rings (SSSR count). The minimum absolute atomic E-state index is 0.165. The highest BCUT2D eigenvalue weighted by Gasteiger charge is 2.32. The molecule has 20 heavy (non-hydrogen) atoms. The molecular formula is C12H15F4N3O. The van der Waals surface area contributed by atoms with Crippen LogP contribution >= 0.6 is 0 Å². The summed E-state index contributed by atoms with van der Waals surface area (Å²) in [6.45, 7) is 0.0618. The fraction of sp³-hybridized carbons (Fsp3) is 0.417. The number of anilines is 2. The number of hydrogen-bond acceptors (Lipinski definition) is 3. The summed E-state index contributed by atoms with van der Waals surface area (Å²) in [7, 11) is 1.16. The monoisotopic (exact) mass is 293 g/mol. The van der Waals surface area contributed by atoms with Gasteiger partial charge in [-0.05, 0) is 32.2 Å². The van der Waals surface area contributed by atoms with Crippen molar-refractivity contribution in [2.75, 3.05) is 24.6 Å². The molecule has 0 bridgehead atoms. The van der Waals surface area contributed by atoms with Crippen molar-refractivity contribution in [3.8, 4) is 0 Å². The molecule has 0 radical (unpaired) electrons. The van der Waals surface area contributed by atoms with Crippen molar-refractivity contribution in [1.29, 1.82) is 0 Å². The molecule has 1 atom stereocenters. The van der Waals surface area contributed by atoms with Crippen molar-refractivity contribution in [2.45, 2.75) is 19.1 Å². The summed E-state index contributed by atoms with van der Waals surface area (Å²) in [5.41, 5.74) is 5.51. The number of likely N-dealkylation sites (N-methyl/N-ethyl adjacent to an activating group) is 1. The molecular weight excluding hydrogens is 278 g/mol. The van der Waals surface area contributed by atoms with Gasteiger partial charge in [-0.15, -0.1) is 0 Å². The van der Waals surface area contributed by atoms with Gasteiger partial charge in [0, 0.05) is 5.69 Å². The third kappa shape index (κ3) is 4.69. The Morgan fingerprint density at radius 2 is 2.05 bits per heavy atom. The van der Waals surface area contributed by atoms with Gasteiger partial charge in [0.15, 0.2) is 0 Å². The second kappa shape index (κ2) is 6.08. The molecule has 0 aromatic heterocycles. The summed E-state index contributed by atoms with van der Waals surface area (Å²) in [4.78, 5) is 12.6. The van der Waals surface area contributed by atoms with Gasteiger partial charge in [0.05, 0.1) is 18.3 Å². The molecule has 0 saturated heterocycles. The number of rotatable bonds is 4. The zero-order valence-corrected chi connectivity index (χ0v) is 11.0. The van der Waals surface area contributed by atoms with E-state index in [1.807, 2.05) is 0 Å². The highest BCUT2D eigenvalue weighted by atomic mass is 19.4. The SMILES string of the molecule is CC(C(=O)Nc1cc(N)ccc1F)N(C)CC(F)(F)F. The van der Waals surface area contributed by atoms with E-state index in [-0.39, 0.29) is 11.4 Å². The molecule has 0 aliphatic carbocycles. The van der Waals surface area contributed by atoms with Crippen molar-refractivity contribution in [2.24, 2.45) is 0 Å². The van der Waals surface area contributed by atoms with Gasteiger partial charge in [0.1, 0.15) is 5.82 Å². The Labute approximate surface area is 113 Å². The Kier molecular flexibility index (Phi) is 4.93. The fourth-order valence-electron chi connectivity index (χ4n) is 1.50. The molecule has 112 valence electrons. The van der Waals surface area contributed by atoms with E-state index in [1.54, 1.807) is 0 Å². The minimum atomic E-state index is -4.41. The number of nitrogens with zero attached hydrogens (tertiary/aromatic N) is 1. The second-order valence-electron chi connectivity index (χ2n) is 4.43. The van der Waals surface area contributed by atoms with Gasteiger partial charge >= 0.3 is 6.18 Å². The van der Waals surface area contributed by atoms with Crippen LogP contribution in [0.5, 0.6) is 0 Å². The van der Waals surface area contributed by atoms with Crippen LogP contribution in [0.15, 0.2) is 18.2 Å². The smallest absolute Gasteiger partial charge is 0.399 e. The second-order valence-corrected chi connectivity index (χ2v) is 4.43. The Bertz CT molecular complexity index is 490. The lowest BCUT2D eigenvalue weighted by Crippen LogP contribution is -2.44. The number of halogens is 4. The molecule has 8 heteroatoms. The fourth-order valence-corrected chi connectivity index (χ4v) is 1.50. The molecule has 1 aromatic carbocycles. The van der Waals surface area contributed by atoms with Crippen molar-refractivity contribution in [1.82, 2.24) is 4.90 Å². The lowest BCUT2D eigenvalue weighted by atomic mass is 10.2. The average Bonchev–Trinajstić information content (AvgIpc) is 2.30. The first-order valence-electron chi connectivity index (χ1n) is 5.73. The van der Waals surface area contributed by atoms with E-state index >= 15 is 0 Å². The van der Waals surface area contributed by atoms with E-state index in [2.05, 4.69) is 5.32 Å². The molecule has 0 heterocycles. The number of hydrogen-bond donors (Lipinski definition) is 2. The predicted molar refractivity (Wildman–Crippen MR) is 67.6 cm³/mol. The molecule has 0 fully saturated rings. The molecule has 4 nitrogen and oxygen atoms in total. The highest BCUT2D eigenvalue weighted by molar-refractivity contribution is 5.95. The topological polar surface area (TPSA) is 58.4 Å². The number of nitrogen functional groups attached to an aromatic ring is 1. The normalized spacial score (nSPS) is 13.3. The van der Waals surface area contributed by atoms with Crippen LogP contribution in [0.2, 0.25) is 0 Å². The maximum Gasteiger partial charge on any atom is 0.401 e. The summed E-state index contributed by atoms with van der Waals surface area (Å²) in [6, 6.07) is 2.50.